The van der Waals surface area contributed by atoms with Crippen LogP contribution < -0.4 is 9.13 Å². The molecule has 0 aliphatic rings. The van der Waals surface area contributed by atoms with E-state index >= 15 is 0 Å². The molecule has 3 heteroatoms. The summed E-state index contributed by atoms with van der Waals surface area (Å²) in [7, 11) is 2.03. The Labute approximate surface area is 159 Å². The van der Waals surface area contributed by atoms with Gasteiger partial charge in [0.1, 0.15) is 7.05 Å². The van der Waals surface area contributed by atoms with Crippen LogP contribution in [-0.2, 0) is 7.05 Å². The van der Waals surface area contributed by atoms with E-state index in [1.807, 2.05) is 37.5 Å². The molecule has 0 N–H and O–H groups in total. The van der Waals surface area contributed by atoms with Crippen molar-refractivity contribution < 1.29 is 9.13 Å². The molecule has 130 valence electrons. The van der Waals surface area contributed by atoms with Gasteiger partial charge in [0.05, 0.1) is 17.2 Å². The van der Waals surface area contributed by atoms with Crippen LogP contribution in [0.4, 0.5) is 0 Å². The lowest BCUT2D eigenvalue weighted by Gasteiger charge is -2.10. The number of aryl methyl sites for hydroxylation is 2. The van der Waals surface area contributed by atoms with Crippen LogP contribution in [0.2, 0.25) is 0 Å². The largest absolute Gasteiger partial charge is 0.218 e. The van der Waals surface area contributed by atoms with Gasteiger partial charge >= 0.3 is 0 Å². The molecular weight excluding hydrogens is 330 g/mol. The second-order valence-corrected chi connectivity index (χ2v) is 6.85. The lowest BCUT2D eigenvalue weighted by molar-refractivity contribution is -0.660. The van der Waals surface area contributed by atoms with Crippen molar-refractivity contribution in [1.82, 2.24) is 0 Å². The third-order valence-electron chi connectivity index (χ3n) is 5.12. The van der Waals surface area contributed by atoms with Crippen LogP contribution in [0.15, 0.2) is 72.9 Å². The monoisotopic (exact) mass is 351 g/mol. The van der Waals surface area contributed by atoms with Gasteiger partial charge in [-0.1, -0.05) is 12.1 Å². The highest BCUT2D eigenvalue weighted by Gasteiger charge is 2.24. The van der Waals surface area contributed by atoms with Crippen molar-refractivity contribution in [2.45, 2.75) is 13.8 Å². The molecule has 3 nitrogen and oxygen atoms in total. The highest BCUT2D eigenvalue weighted by atomic mass is 15.0. The quantitative estimate of drug-likeness (QED) is 0.500. The second kappa shape index (κ2) is 6.66. The van der Waals surface area contributed by atoms with Crippen molar-refractivity contribution in [2.24, 2.45) is 7.05 Å². The molecule has 0 unspecified atom stereocenters. The maximum Gasteiger partial charge on any atom is 0.218 e. The molecule has 2 aromatic carbocycles. The van der Waals surface area contributed by atoms with Crippen LogP contribution in [0.25, 0.3) is 27.8 Å². The molecule has 2 aromatic heterocycles. The molecule has 0 aliphatic carbocycles. The first-order chi connectivity index (χ1) is 13.1. The molecule has 27 heavy (non-hydrogen) atoms. The van der Waals surface area contributed by atoms with Gasteiger partial charge in [0, 0.05) is 48.2 Å². The number of fused-ring (bicyclic) bond motifs is 1. The van der Waals surface area contributed by atoms with E-state index in [-0.39, 0.29) is 0 Å². The predicted molar refractivity (Wildman–Crippen MR) is 106 cm³/mol. The lowest BCUT2D eigenvalue weighted by Crippen LogP contribution is -2.37. The minimum Gasteiger partial charge on any atom is -0.201 e. The maximum absolute atomic E-state index is 9.66. The smallest absolute Gasteiger partial charge is 0.201 e. The number of nitriles is 1. The number of pyridine rings is 2. The van der Waals surface area contributed by atoms with Gasteiger partial charge in [0.25, 0.3) is 0 Å². The van der Waals surface area contributed by atoms with E-state index in [4.69, 9.17) is 0 Å². The van der Waals surface area contributed by atoms with Crippen molar-refractivity contribution in [3.8, 4) is 23.0 Å². The minimum absolute atomic E-state index is 0.661. The molecule has 0 bridgehead atoms. The molecule has 0 fully saturated rings. The average molecular weight is 351 g/mol. The van der Waals surface area contributed by atoms with E-state index in [1.54, 1.807) is 0 Å². The third-order valence-corrected chi connectivity index (χ3v) is 5.12. The zero-order valence-corrected chi connectivity index (χ0v) is 15.8. The summed E-state index contributed by atoms with van der Waals surface area (Å²) in [6, 6.07) is 25.1. The summed E-state index contributed by atoms with van der Waals surface area (Å²) in [6.07, 6.45) is 2.03. The van der Waals surface area contributed by atoms with Gasteiger partial charge in [-0.15, -0.1) is 0 Å². The summed E-state index contributed by atoms with van der Waals surface area (Å²) in [5, 5.41) is 10.8. The van der Waals surface area contributed by atoms with Crippen molar-refractivity contribution in [3.05, 3.63) is 89.7 Å². The second-order valence-electron chi connectivity index (χ2n) is 6.85. The fourth-order valence-corrected chi connectivity index (χ4v) is 3.69. The number of benzene rings is 2. The zero-order chi connectivity index (χ0) is 19.0. The molecular formula is C24H21N3+2. The van der Waals surface area contributed by atoms with Crippen LogP contribution in [0.3, 0.4) is 0 Å². The van der Waals surface area contributed by atoms with Crippen molar-refractivity contribution in [1.29, 1.82) is 5.26 Å². The van der Waals surface area contributed by atoms with Crippen LogP contribution in [-0.4, -0.2) is 0 Å². The Kier molecular flexibility index (Phi) is 4.18. The molecule has 2 heterocycles. The van der Waals surface area contributed by atoms with Crippen molar-refractivity contribution in [2.75, 3.05) is 0 Å². The van der Waals surface area contributed by atoms with E-state index in [0.29, 0.717) is 5.56 Å². The summed E-state index contributed by atoms with van der Waals surface area (Å²) in [5.41, 5.74) is 7.30. The van der Waals surface area contributed by atoms with Gasteiger partial charge in [-0.05, 0) is 31.2 Å². The van der Waals surface area contributed by atoms with E-state index in [2.05, 4.69) is 71.5 Å². The Bertz CT molecular complexity index is 1220. The first-order valence-corrected chi connectivity index (χ1v) is 9.00. The SMILES string of the molecule is Cc1c(-c2cccc[n+]2C)cc(C#N)cc1-[n+]1c(C)ccc2ccccc21. The number of hydrogen-bond donors (Lipinski definition) is 0. The van der Waals surface area contributed by atoms with Gasteiger partial charge in [-0.3, -0.25) is 0 Å². The first-order valence-electron chi connectivity index (χ1n) is 9.00. The molecule has 0 saturated heterocycles. The van der Waals surface area contributed by atoms with Crippen molar-refractivity contribution in [3.63, 3.8) is 0 Å². The number of para-hydroxylation sites is 1. The Morgan fingerprint density at radius 2 is 1.67 bits per heavy atom. The molecule has 4 rings (SSSR count). The highest BCUT2D eigenvalue weighted by molar-refractivity contribution is 5.76. The van der Waals surface area contributed by atoms with Gasteiger partial charge in [0.2, 0.25) is 16.9 Å². The van der Waals surface area contributed by atoms with E-state index in [0.717, 1.165) is 33.7 Å². The molecule has 0 aliphatic heterocycles. The standard InChI is InChI=1S/C24H21N3/c1-17-11-12-20-8-4-5-9-22(20)27(17)24-15-19(16-25)14-21(18(24)2)23-10-6-7-13-26(23)3/h4-15H,1-3H3/q+2. The van der Waals surface area contributed by atoms with Gasteiger partial charge in [-0.25, -0.2) is 4.57 Å². The Balaban J connectivity index is 2.10. The fourth-order valence-electron chi connectivity index (χ4n) is 3.69. The predicted octanol–water partition coefficient (Wildman–Crippen LogP) is 4.10. The molecule has 0 amide bonds. The third kappa shape index (κ3) is 2.86. The van der Waals surface area contributed by atoms with Crippen LogP contribution in [0, 0.1) is 25.2 Å². The molecule has 0 atom stereocenters. The topological polar surface area (TPSA) is 31.5 Å². The normalized spacial score (nSPS) is 10.7. The molecule has 4 aromatic rings. The lowest BCUT2D eigenvalue weighted by atomic mass is 9.98. The maximum atomic E-state index is 9.66. The Hall–Kier alpha value is -3.51. The number of aromatic nitrogens is 2. The van der Waals surface area contributed by atoms with Gasteiger partial charge in [-0.2, -0.15) is 9.83 Å². The summed E-state index contributed by atoms with van der Waals surface area (Å²) in [6.45, 7) is 4.24. The fraction of sp³-hybridized carbons (Fsp3) is 0.125. The molecule has 0 spiro atoms. The van der Waals surface area contributed by atoms with E-state index < -0.39 is 0 Å². The van der Waals surface area contributed by atoms with Crippen LogP contribution >= 0.6 is 0 Å². The highest BCUT2D eigenvalue weighted by Crippen LogP contribution is 2.26. The molecule has 0 radical (unpaired) electrons. The Morgan fingerprint density at radius 1 is 0.889 bits per heavy atom. The van der Waals surface area contributed by atoms with Crippen LogP contribution in [0.1, 0.15) is 16.8 Å². The summed E-state index contributed by atoms with van der Waals surface area (Å²) >= 11 is 0. The van der Waals surface area contributed by atoms with Gasteiger partial charge in [0.15, 0.2) is 11.9 Å². The van der Waals surface area contributed by atoms with Crippen molar-refractivity contribution >= 4 is 10.9 Å². The average Bonchev–Trinajstić information content (AvgIpc) is 2.69. The minimum atomic E-state index is 0.661. The first kappa shape index (κ1) is 16.9. The molecule has 0 saturated carbocycles. The zero-order valence-electron chi connectivity index (χ0n) is 15.8. The Morgan fingerprint density at radius 3 is 2.44 bits per heavy atom. The number of rotatable bonds is 2. The van der Waals surface area contributed by atoms with E-state index in [9.17, 15) is 5.26 Å². The van der Waals surface area contributed by atoms with Crippen LogP contribution in [0.5, 0.6) is 0 Å². The van der Waals surface area contributed by atoms with E-state index in [1.165, 1.54) is 5.39 Å². The summed E-state index contributed by atoms with van der Waals surface area (Å²) < 4.78 is 4.34. The number of nitrogens with zero attached hydrogens (tertiary/aromatic N) is 3. The summed E-state index contributed by atoms with van der Waals surface area (Å²) in [5.74, 6) is 0. The number of hydrogen-bond acceptors (Lipinski definition) is 1. The van der Waals surface area contributed by atoms with Gasteiger partial charge < -0.3 is 0 Å². The summed E-state index contributed by atoms with van der Waals surface area (Å²) in [4.78, 5) is 0.